The minimum absolute atomic E-state index is 0. The Bertz CT molecular complexity index is 409. The Morgan fingerprint density at radius 1 is 1.45 bits per heavy atom. The van der Waals surface area contributed by atoms with E-state index in [2.05, 4.69) is 22.2 Å². The van der Waals surface area contributed by atoms with Crippen molar-refractivity contribution < 1.29 is 4.79 Å². The Morgan fingerprint density at radius 3 is 2.70 bits per heavy atom. The van der Waals surface area contributed by atoms with Crippen LogP contribution in [0.25, 0.3) is 0 Å². The quantitative estimate of drug-likeness (QED) is 0.827. The standard InChI is InChI=1S/C13H20N4O.2ClH/c1-17(12-4-5-12)7-6-15-13(18)8-11-3-2-10(14)9-16-11;;/h2-3,9,12H,4-8,14H2,1H3,(H,15,18);2*1H. The fourth-order valence-electron chi connectivity index (χ4n) is 1.84. The number of nitrogens with one attached hydrogen (secondary N) is 1. The number of carbonyl (C=O) groups excluding carboxylic acids is 1. The molecule has 7 heteroatoms. The van der Waals surface area contributed by atoms with Gasteiger partial charge in [-0.1, -0.05) is 0 Å². The van der Waals surface area contributed by atoms with Crippen LogP contribution in [0.4, 0.5) is 5.69 Å². The van der Waals surface area contributed by atoms with Gasteiger partial charge in [0.25, 0.3) is 0 Å². The fraction of sp³-hybridized carbons (Fsp3) is 0.538. The van der Waals surface area contributed by atoms with Gasteiger partial charge in [-0.25, -0.2) is 0 Å². The summed E-state index contributed by atoms with van der Waals surface area (Å²) >= 11 is 0. The highest BCUT2D eigenvalue weighted by atomic mass is 35.5. The van der Waals surface area contributed by atoms with Gasteiger partial charge in [-0.05, 0) is 32.0 Å². The summed E-state index contributed by atoms with van der Waals surface area (Å²) in [5, 5.41) is 2.91. The minimum atomic E-state index is 0. The summed E-state index contributed by atoms with van der Waals surface area (Å²) in [5.74, 6) is 0.0106. The normalized spacial score (nSPS) is 13.3. The van der Waals surface area contributed by atoms with Crippen LogP contribution in [-0.4, -0.2) is 42.0 Å². The van der Waals surface area contributed by atoms with Gasteiger partial charge in [-0.15, -0.1) is 24.8 Å². The highest BCUT2D eigenvalue weighted by molar-refractivity contribution is 5.85. The van der Waals surface area contributed by atoms with Gasteiger partial charge in [-0.2, -0.15) is 0 Å². The van der Waals surface area contributed by atoms with E-state index in [0.717, 1.165) is 18.3 Å². The average Bonchev–Trinajstić information content (AvgIpc) is 3.16. The predicted molar refractivity (Wildman–Crippen MR) is 85.5 cm³/mol. The zero-order chi connectivity index (χ0) is 13.0. The van der Waals surface area contributed by atoms with Crippen molar-refractivity contribution in [2.24, 2.45) is 0 Å². The maximum atomic E-state index is 11.7. The molecule has 1 aliphatic rings. The molecule has 2 rings (SSSR count). The minimum Gasteiger partial charge on any atom is -0.397 e. The molecule has 1 heterocycles. The third kappa shape index (κ3) is 6.41. The molecule has 0 bridgehead atoms. The molecule has 0 aliphatic heterocycles. The van der Waals surface area contributed by atoms with E-state index in [1.165, 1.54) is 12.8 Å². The number of nitrogen functional groups attached to an aromatic ring is 1. The molecule has 0 radical (unpaired) electrons. The van der Waals surface area contributed by atoms with Gasteiger partial charge in [-0.3, -0.25) is 9.78 Å². The van der Waals surface area contributed by atoms with Crippen LogP contribution >= 0.6 is 24.8 Å². The number of amides is 1. The zero-order valence-corrected chi connectivity index (χ0v) is 13.2. The van der Waals surface area contributed by atoms with E-state index in [-0.39, 0.29) is 30.7 Å². The van der Waals surface area contributed by atoms with Crippen LogP contribution < -0.4 is 11.1 Å². The first-order chi connectivity index (χ1) is 8.65. The summed E-state index contributed by atoms with van der Waals surface area (Å²) in [5.41, 5.74) is 6.90. The molecular formula is C13H22Cl2N4O. The van der Waals surface area contributed by atoms with Gasteiger partial charge in [0, 0.05) is 24.8 Å². The van der Waals surface area contributed by atoms with E-state index in [1.54, 1.807) is 18.3 Å². The molecule has 1 amide bonds. The third-order valence-corrected chi connectivity index (χ3v) is 3.15. The molecule has 0 saturated heterocycles. The Labute approximate surface area is 132 Å². The van der Waals surface area contributed by atoms with Crippen LogP contribution in [0.3, 0.4) is 0 Å². The number of halogens is 2. The van der Waals surface area contributed by atoms with Crippen LogP contribution in [0.5, 0.6) is 0 Å². The number of nitrogens with two attached hydrogens (primary N) is 1. The summed E-state index contributed by atoms with van der Waals surface area (Å²) < 4.78 is 0. The Balaban J connectivity index is 0.00000180. The third-order valence-electron chi connectivity index (χ3n) is 3.15. The topological polar surface area (TPSA) is 71.2 Å². The van der Waals surface area contributed by atoms with Gasteiger partial charge >= 0.3 is 0 Å². The van der Waals surface area contributed by atoms with Crippen LogP contribution in [0.15, 0.2) is 18.3 Å². The van der Waals surface area contributed by atoms with Gasteiger partial charge in [0.1, 0.15) is 0 Å². The molecule has 0 atom stereocenters. The van der Waals surface area contributed by atoms with Crippen molar-refractivity contribution in [2.75, 3.05) is 25.9 Å². The lowest BCUT2D eigenvalue weighted by molar-refractivity contribution is -0.120. The average molecular weight is 321 g/mol. The molecule has 20 heavy (non-hydrogen) atoms. The van der Waals surface area contributed by atoms with E-state index >= 15 is 0 Å². The van der Waals surface area contributed by atoms with Crippen molar-refractivity contribution >= 4 is 36.4 Å². The molecule has 0 spiro atoms. The first-order valence-corrected chi connectivity index (χ1v) is 6.32. The van der Waals surface area contributed by atoms with E-state index in [1.807, 2.05) is 0 Å². The Kier molecular flexibility index (Phi) is 8.53. The van der Waals surface area contributed by atoms with Crippen molar-refractivity contribution in [2.45, 2.75) is 25.3 Å². The maximum absolute atomic E-state index is 11.7. The second-order valence-corrected chi connectivity index (χ2v) is 4.82. The second kappa shape index (κ2) is 9.00. The SMILES string of the molecule is CN(CCNC(=O)Cc1ccc(N)cn1)C1CC1.Cl.Cl. The van der Waals surface area contributed by atoms with Crippen molar-refractivity contribution in [1.29, 1.82) is 0 Å². The molecule has 5 nitrogen and oxygen atoms in total. The van der Waals surface area contributed by atoms with Crippen LogP contribution in [0.2, 0.25) is 0 Å². The molecule has 1 aliphatic carbocycles. The molecule has 0 unspecified atom stereocenters. The van der Waals surface area contributed by atoms with Gasteiger partial charge < -0.3 is 16.0 Å². The van der Waals surface area contributed by atoms with E-state index in [4.69, 9.17) is 5.73 Å². The van der Waals surface area contributed by atoms with Gasteiger partial charge in [0.2, 0.25) is 5.91 Å². The molecule has 114 valence electrons. The van der Waals surface area contributed by atoms with Crippen molar-refractivity contribution in [3.8, 4) is 0 Å². The van der Waals surface area contributed by atoms with Crippen molar-refractivity contribution in [1.82, 2.24) is 15.2 Å². The number of nitrogens with zero attached hydrogens (tertiary/aromatic N) is 2. The fourth-order valence-corrected chi connectivity index (χ4v) is 1.84. The summed E-state index contributed by atoms with van der Waals surface area (Å²) in [4.78, 5) is 18.1. The van der Waals surface area contributed by atoms with Gasteiger partial charge in [0.05, 0.1) is 18.3 Å². The number of rotatable bonds is 6. The highest BCUT2D eigenvalue weighted by Crippen LogP contribution is 2.24. The molecule has 3 N–H and O–H groups in total. The lowest BCUT2D eigenvalue weighted by atomic mass is 10.2. The Morgan fingerprint density at radius 2 is 2.15 bits per heavy atom. The monoisotopic (exact) mass is 320 g/mol. The number of aromatic nitrogens is 1. The van der Waals surface area contributed by atoms with Crippen LogP contribution in [0.1, 0.15) is 18.5 Å². The van der Waals surface area contributed by atoms with E-state index in [0.29, 0.717) is 18.7 Å². The number of anilines is 1. The Hall–Kier alpha value is -1.04. The second-order valence-electron chi connectivity index (χ2n) is 4.82. The number of hydrogen-bond acceptors (Lipinski definition) is 4. The van der Waals surface area contributed by atoms with Crippen LogP contribution in [0, 0.1) is 0 Å². The molecule has 1 saturated carbocycles. The lowest BCUT2D eigenvalue weighted by Gasteiger charge is -2.15. The molecular weight excluding hydrogens is 299 g/mol. The first-order valence-electron chi connectivity index (χ1n) is 6.32. The van der Waals surface area contributed by atoms with Crippen LogP contribution in [-0.2, 0) is 11.2 Å². The predicted octanol–water partition coefficient (Wildman–Crippen LogP) is 1.26. The smallest absolute Gasteiger partial charge is 0.226 e. The number of pyridine rings is 1. The number of hydrogen-bond donors (Lipinski definition) is 2. The number of likely N-dealkylation sites (N-methyl/N-ethyl adjacent to an activating group) is 1. The molecule has 1 aromatic heterocycles. The highest BCUT2D eigenvalue weighted by Gasteiger charge is 2.25. The zero-order valence-electron chi connectivity index (χ0n) is 11.5. The number of carbonyl (C=O) groups is 1. The summed E-state index contributed by atoms with van der Waals surface area (Å²) in [6.07, 6.45) is 4.47. The molecule has 0 aromatic carbocycles. The lowest BCUT2D eigenvalue weighted by Crippen LogP contribution is -2.34. The maximum Gasteiger partial charge on any atom is 0.226 e. The van der Waals surface area contributed by atoms with Crippen molar-refractivity contribution in [3.05, 3.63) is 24.0 Å². The van der Waals surface area contributed by atoms with E-state index in [9.17, 15) is 4.79 Å². The summed E-state index contributed by atoms with van der Waals surface area (Å²) in [7, 11) is 2.10. The van der Waals surface area contributed by atoms with Gasteiger partial charge in [0.15, 0.2) is 0 Å². The summed E-state index contributed by atoms with van der Waals surface area (Å²) in [6, 6.07) is 4.28. The van der Waals surface area contributed by atoms with Crippen molar-refractivity contribution in [3.63, 3.8) is 0 Å². The largest absolute Gasteiger partial charge is 0.397 e. The van der Waals surface area contributed by atoms with E-state index < -0.39 is 0 Å². The summed E-state index contributed by atoms with van der Waals surface area (Å²) in [6.45, 7) is 1.60. The molecule has 1 fully saturated rings. The molecule has 1 aromatic rings. The first kappa shape index (κ1) is 19.0.